The van der Waals surface area contributed by atoms with E-state index >= 15 is 0 Å². The number of ether oxygens (including phenoxy) is 1. The van der Waals surface area contributed by atoms with Gasteiger partial charge in [0.15, 0.2) is 0 Å². The van der Waals surface area contributed by atoms with E-state index in [4.69, 9.17) is 4.74 Å². The Morgan fingerprint density at radius 2 is 1.96 bits per heavy atom. The third kappa shape index (κ3) is 3.80. The molecule has 1 aliphatic heterocycles. The molecule has 1 atom stereocenters. The molecule has 138 valence electrons. The molecule has 4 rings (SSSR count). The maximum atomic E-state index is 12.8. The van der Waals surface area contributed by atoms with E-state index in [1.54, 1.807) is 24.6 Å². The minimum absolute atomic E-state index is 0.0599. The molecule has 5 nitrogen and oxygen atoms in total. The summed E-state index contributed by atoms with van der Waals surface area (Å²) in [5, 5.41) is 5.96. The number of hydrogen-bond acceptors (Lipinski definition) is 4. The highest BCUT2D eigenvalue weighted by Gasteiger charge is 2.30. The fourth-order valence-corrected chi connectivity index (χ4v) is 4.08. The van der Waals surface area contributed by atoms with Gasteiger partial charge in [0.25, 0.3) is 0 Å². The molecule has 3 aromatic rings. The highest BCUT2D eigenvalue weighted by molar-refractivity contribution is 7.13. The number of nitrogens with zero attached hydrogens (tertiary/aromatic N) is 2. The van der Waals surface area contributed by atoms with Gasteiger partial charge in [-0.1, -0.05) is 12.1 Å². The van der Waals surface area contributed by atoms with Gasteiger partial charge in [-0.15, -0.1) is 11.3 Å². The van der Waals surface area contributed by atoms with Crippen molar-refractivity contribution < 1.29 is 9.53 Å². The van der Waals surface area contributed by atoms with Crippen LogP contribution in [0.25, 0.3) is 10.6 Å². The summed E-state index contributed by atoms with van der Waals surface area (Å²) in [6.07, 6.45) is 3.78. The van der Waals surface area contributed by atoms with E-state index in [9.17, 15) is 4.79 Å². The first-order chi connectivity index (χ1) is 13.2. The lowest BCUT2D eigenvalue weighted by Gasteiger charge is -2.25. The normalized spacial score (nSPS) is 16.3. The predicted molar refractivity (Wildman–Crippen MR) is 108 cm³/mol. The number of thiazole rings is 1. The minimum Gasteiger partial charge on any atom is -0.497 e. The van der Waals surface area contributed by atoms with E-state index < -0.39 is 0 Å². The molecule has 2 aromatic carbocycles. The quantitative estimate of drug-likeness (QED) is 0.679. The van der Waals surface area contributed by atoms with Crippen LogP contribution in [0.5, 0.6) is 5.75 Å². The van der Waals surface area contributed by atoms with Crippen molar-refractivity contribution in [3.05, 3.63) is 65.7 Å². The fourth-order valence-electron chi connectivity index (χ4n) is 3.44. The van der Waals surface area contributed by atoms with E-state index in [0.29, 0.717) is 0 Å². The fraction of sp³-hybridized carbons (Fsp3) is 0.238. The Balaban J connectivity index is 1.45. The Morgan fingerprint density at radius 3 is 2.63 bits per heavy atom. The van der Waals surface area contributed by atoms with Crippen LogP contribution in [0.15, 0.2) is 60.1 Å². The SMILES string of the molecule is COc1ccc(C2CCCN2C(=O)Nc2ccc(-c3nccs3)cc2)cc1. The standard InChI is InChI=1S/C21H21N3O2S/c1-26-18-10-6-15(7-11-18)19-3-2-13-24(19)21(25)23-17-8-4-16(5-9-17)20-22-12-14-27-20/h4-12,14,19H,2-3,13H2,1H3,(H,23,25). The van der Waals surface area contributed by atoms with Gasteiger partial charge >= 0.3 is 6.03 Å². The molecule has 1 fully saturated rings. The third-order valence-corrected chi connectivity index (χ3v) is 5.65. The first-order valence-corrected chi connectivity index (χ1v) is 9.84. The Bertz CT molecular complexity index is 892. The number of hydrogen-bond donors (Lipinski definition) is 1. The summed E-state index contributed by atoms with van der Waals surface area (Å²) in [4.78, 5) is 19.0. The maximum absolute atomic E-state index is 12.8. The lowest BCUT2D eigenvalue weighted by atomic mass is 10.0. The highest BCUT2D eigenvalue weighted by Crippen LogP contribution is 2.33. The lowest BCUT2D eigenvalue weighted by Crippen LogP contribution is -2.34. The number of benzene rings is 2. The van der Waals surface area contributed by atoms with Crippen molar-refractivity contribution in [2.24, 2.45) is 0 Å². The summed E-state index contributed by atoms with van der Waals surface area (Å²) < 4.78 is 5.22. The van der Waals surface area contributed by atoms with Crippen molar-refractivity contribution in [3.63, 3.8) is 0 Å². The zero-order valence-electron chi connectivity index (χ0n) is 15.1. The lowest BCUT2D eigenvalue weighted by molar-refractivity contribution is 0.207. The van der Waals surface area contributed by atoms with Crippen molar-refractivity contribution in [1.29, 1.82) is 0 Å². The molecule has 6 heteroatoms. The molecule has 27 heavy (non-hydrogen) atoms. The summed E-state index contributed by atoms with van der Waals surface area (Å²) in [5.41, 5.74) is 2.99. The van der Waals surface area contributed by atoms with Gasteiger partial charge in [-0.25, -0.2) is 9.78 Å². The topological polar surface area (TPSA) is 54.5 Å². The monoisotopic (exact) mass is 379 g/mol. The van der Waals surface area contributed by atoms with E-state index in [0.717, 1.165) is 47.0 Å². The molecular formula is C21H21N3O2S. The predicted octanol–water partition coefficient (Wildman–Crippen LogP) is 5.19. The molecule has 1 aliphatic rings. The third-order valence-electron chi connectivity index (χ3n) is 4.83. The number of rotatable bonds is 4. The van der Waals surface area contributed by atoms with Gasteiger partial charge in [-0.2, -0.15) is 0 Å². The average molecular weight is 379 g/mol. The Labute approximate surface area is 162 Å². The second-order valence-electron chi connectivity index (χ2n) is 6.47. The Morgan fingerprint density at radius 1 is 1.19 bits per heavy atom. The van der Waals surface area contributed by atoms with Crippen molar-refractivity contribution >= 4 is 23.1 Å². The second kappa shape index (κ2) is 7.80. The maximum Gasteiger partial charge on any atom is 0.322 e. The van der Waals surface area contributed by atoms with Gasteiger partial charge in [0.2, 0.25) is 0 Å². The molecule has 0 spiro atoms. The summed E-state index contributed by atoms with van der Waals surface area (Å²) in [5.74, 6) is 0.827. The van der Waals surface area contributed by atoms with Crippen molar-refractivity contribution in [2.45, 2.75) is 18.9 Å². The number of amides is 2. The summed E-state index contributed by atoms with van der Waals surface area (Å²) >= 11 is 1.60. The van der Waals surface area contributed by atoms with E-state index in [2.05, 4.69) is 10.3 Å². The molecule has 0 aliphatic carbocycles. The molecule has 2 amide bonds. The number of carbonyl (C=O) groups is 1. The second-order valence-corrected chi connectivity index (χ2v) is 7.36. The summed E-state index contributed by atoms with van der Waals surface area (Å²) in [6, 6.07) is 15.8. The molecular weight excluding hydrogens is 358 g/mol. The molecule has 1 saturated heterocycles. The van der Waals surface area contributed by atoms with Gasteiger partial charge in [-0.05, 0) is 54.8 Å². The molecule has 0 bridgehead atoms. The van der Waals surface area contributed by atoms with Crippen molar-refractivity contribution in [3.8, 4) is 16.3 Å². The summed E-state index contributed by atoms with van der Waals surface area (Å²) in [6.45, 7) is 0.764. The van der Waals surface area contributed by atoms with Crippen LogP contribution in [-0.2, 0) is 0 Å². The first kappa shape index (κ1) is 17.5. The number of aromatic nitrogens is 1. The van der Waals surface area contributed by atoms with Crippen LogP contribution in [0.1, 0.15) is 24.4 Å². The van der Waals surface area contributed by atoms with Gasteiger partial charge < -0.3 is 15.0 Å². The summed E-state index contributed by atoms with van der Waals surface area (Å²) in [7, 11) is 1.66. The van der Waals surface area contributed by atoms with Crippen molar-refractivity contribution in [1.82, 2.24) is 9.88 Å². The Kier molecular flexibility index (Phi) is 5.07. The Hall–Kier alpha value is -2.86. The molecule has 1 aromatic heterocycles. The van der Waals surface area contributed by atoms with Crippen LogP contribution in [0.2, 0.25) is 0 Å². The van der Waals surface area contributed by atoms with E-state index in [-0.39, 0.29) is 12.1 Å². The van der Waals surface area contributed by atoms with Crippen molar-refractivity contribution in [2.75, 3.05) is 19.0 Å². The largest absolute Gasteiger partial charge is 0.497 e. The highest BCUT2D eigenvalue weighted by atomic mass is 32.1. The van der Waals surface area contributed by atoms with E-state index in [1.165, 1.54) is 0 Å². The molecule has 2 heterocycles. The average Bonchev–Trinajstić information content (AvgIpc) is 3.41. The van der Waals surface area contributed by atoms with Crippen LogP contribution in [0, 0.1) is 0 Å². The van der Waals surface area contributed by atoms with Crippen LogP contribution >= 0.6 is 11.3 Å². The molecule has 1 N–H and O–H groups in total. The first-order valence-electron chi connectivity index (χ1n) is 8.96. The van der Waals surface area contributed by atoms with Crippen LogP contribution < -0.4 is 10.1 Å². The molecule has 0 saturated carbocycles. The van der Waals surface area contributed by atoms with Gasteiger partial charge in [0.1, 0.15) is 10.8 Å². The number of urea groups is 1. The zero-order valence-corrected chi connectivity index (χ0v) is 15.9. The van der Waals surface area contributed by atoms with Crippen LogP contribution in [0.3, 0.4) is 0 Å². The van der Waals surface area contributed by atoms with Crippen LogP contribution in [-0.4, -0.2) is 29.6 Å². The minimum atomic E-state index is -0.0599. The molecule has 1 unspecified atom stereocenters. The number of anilines is 1. The zero-order chi connectivity index (χ0) is 18.6. The molecule has 0 radical (unpaired) electrons. The van der Waals surface area contributed by atoms with Gasteiger partial charge in [0, 0.05) is 29.4 Å². The number of carbonyl (C=O) groups excluding carboxylic acids is 1. The van der Waals surface area contributed by atoms with Gasteiger partial charge in [-0.3, -0.25) is 0 Å². The number of methoxy groups -OCH3 is 1. The number of likely N-dealkylation sites (tertiary alicyclic amines) is 1. The van der Waals surface area contributed by atoms with Gasteiger partial charge in [0.05, 0.1) is 13.2 Å². The van der Waals surface area contributed by atoms with Crippen LogP contribution in [0.4, 0.5) is 10.5 Å². The smallest absolute Gasteiger partial charge is 0.322 e. The van der Waals surface area contributed by atoms with E-state index in [1.807, 2.05) is 58.8 Å². The number of nitrogens with one attached hydrogen (secondary N) is 1.